The topological polar surface area (TPSA) is 34.4 Å². The van der Waals surface area contributed by atoms with Crippen LogP contribution in [0.15, 0.2) is 43.9 Å². The number of nitrogens with one attached hydrogen (secondary N) is 1. The summed E-state index contributed by atoms with van der Waals surface area (Å²) in [5.41, 5.74) is 1.07. The quantitative estimate of drug-likeness (QED) is 0.791. The molecular weight excluding hydrogens is 374 g/mol. The van der Waals surface area contributed by atoms with E-state index in [9.17, 15) is 0 Å². The van der Waals surface area contributed by atoms with E-state index >= 15 is 0 Å². The van der Waals surface area contributed by atoms with Crippen molar-refractivity contribution in [3.8, 4) is 5.75 Å². The molecule has 1 N–H and O–H groups in total. The van der Waals surface area contributed by atoms with E-state index in [1.54, 1.807) is 6.26 Å². The van der Waals surface area contributed by atoms with Crippen LogP contribution in [0.4, 0.5) is 0 Å². The maximum absolute atomic E-state index is 5.80. The minimum atomic E-state index is 0.497. The molecule has 5 heteroatoms. The second kappa shape index (κ2) is 7.12. The van der Waals surface area contributed by atoms with E-state index in [0.29, 0.717) is 6.61 Å². The van der Waals surface area contributed by atoms with Crippen LogP contribution in [-0.2, 0) is 13.2 Å². The summed E-state index contributed by atoms with van der Waals surface area (Å²) in [6, 6.07) is 7.79. The molecule has 1 aromatic carbocycles. The molecule has 0 bridgehead atoms. The van der Waals surface area contributed by atoms with E-state index in [4.69, 9.17) is 9.15 Å². The van der Waals surface area contributed by atoms with E-state index in [0.717, 1.165) is 39.1 Å². The van der Waals surface area contributed by atoms with Crippen LogP contribution in [0.1, 0.15) is 18.2 Å². The third kappa shape index (κ3) is 4.09. The molecule has 102 valence electrons. The Morgan fingerprint density at radius 3 is 2.84 bits per heavy atom. The van der Waals surface area contributed by atoms with Gasteiger partial charge in [-0.15, -0.1) is 0 Å². The summed E-state index contributed by atoms with van der Waals surface area (Å²) < 4.78 is 13.2. The van der Waals surface area contributed by atoms with Crippen LogP contribution in [0.25, 0.3) is 0 Å². The third-order valence-corrected chi connectivity index (χ3v) is 3.76. The minimum absolute atomic E-state index is 0.497. The van der Waals surface area contributed by atoms with Crippen LogP contribution in [0.2, 0.25) is 0 Å². The van der Waals surface area contributed by atoms with Gasteiger partial charge in [0, 0.05) is 10.0 Å². The first-order valence-electron chi connectivity index (χ1n) is 6.04. The zero-order valence-corrected chi connectivity index (χ0v) is 13.8. The zero-order chi connectivity index (χ0) is 13.7. The Bertz CT molecular complexity index is 540. The number of rotatable bonds is 6. The predicted molar refractivity (Wildman–Crippen MR) is 82.3 cm³/mol. The van der Waals surface area contributed by atoms with Crippen molar-refractivity contribution in [1.29, 1.82) is 0 Å². The predicted octanol–water partition coefficient (Wildman–Crippen LogP) is 4.49. The molecule has 0 spiro atoms. The minimum Gasteiger partial charge on any atom is -0.488 e. The molecule has 3 nitrogen and oxygen atoms in total. The Morgan fingerprint density at radius 2 is 2.11 bits per heavy atom. The summed E-state index contributed by atoms with van der Waals surface area (Å²) in [4.78, 5) is 0. The van der Waals surface area contributed by atoms with Crippen molar-refractivity contribution in [3.05, 3.63) is 50.8 Å². The summed E-state index contributed by atoms with van der Waals surface area (Å²) in [6.07, 6.45) is 1.70. The Labute approximate surface area is 129 Å². The zero-order valence-electron chi connectivity index (χ0n) is 10.6. The average molecular weight is 389 g/mol. The molecule has 0 saturated carbocycles. The van der Waals surface area contributed by atoms with Gasteiger partial charge in [0.25, 0.3) is 0 Å². The van der Waals surface area contributed by atoms with E-state index in [-0.39, 0.29) is 0 Å². The van der Waals surface area contributed by atoms with Crippen LogP contribution < -0.4 is 10.1 Å². The first-order valence-corrected chi connectivity index (χ1v) is 7.63. The highest BCUT2D eigenvalue weighted by molar-refractivity contribution is 9.11. The molecule has 0 unspecified atom stereocenters. The summed E-state index contributed by atoms with van der Waals surface area (Å²) in [5, 5.41) is 3.24. The highest BCUT2D eigenvalue weighted by Gasteiger charge is 2.08. The average Bonchev–Trinajstić information content (AvgIpc) is 2.83. The van der Waals surface area contributed by atoms with Gasteiger partial charge in [0.05, 0.1) is 17.3 Å². The van der Waals surface area contributed by atoms with Crippen molar-refractivity contribution in [2.45, 2.75) is 20.1 Å². The molecule has 0 radical (unpaired) electrons. The van der Waals surface area contributed by atoms with E-state index in [1.165, 1.54) is 0 Å². The van der Waals surface area contributed by atoms with Crippen molar-refractivity contribution in [3.63, 3.8) is 0 Å². The maximum Gasteiger partial charge on any atom is 0.134 e. The SMILES string of the molecule is CCNCc1occc1COc1ccc(Br)cc1Br. The molecule has 2 rings (SSSR count). The lowest BCUT2D eigenvalue weighted by Gasteiger charge is -2.09. The summed E-state index contributed by atoms with van der Waals surface area (Å²) in [6.45, 7) is 4.21. The van der Waals surface area contributed by atoms with Crippen molar-refractivity contribution in [2.24, 2.45) is 0 Å². The van der Waals surface area contributed by atoms with Crippen LogP contribution in [0.3, 0.4) is 0 Å². The first kappa shape index (κ1) is 14.6. The van der Waals surface area contributed by atoms with Crippen LogP contribution in [-0.4, -0.2) is 6.54 Å². The number of hydrogen-bond acceptors (Lipinski definition) is 3. The highest BCUT2D eigenvalue weighted by Crippen LogP contribution is 2.29. The summed E-state index contributed by atoms with van der Waals surface area (Å²) >= 11 is 6.90. The van der Waals surface area contributed by atoms with Gasteiger partial charge in [0.1, 0.15) is 18.1 Å². The number of furan rings is 1. The van der Waals surface area contributed by atoms with Crippen molar-refractivity contribution < 1.29 is 9.15 Å². The van der Waals surface area contributed by atoms with Gasteiger partial charge in [-0.3, -0.25) is 0 Å². The number of benzene rings is 1. The lowest BCUT2D eigenvalue weighted by Crippen LogP contribution is -2.12. The Balaban J connectivity index is 2.00. The fraction of sp³-hybridized carbons (Fsp3) is 0.286. The Kier molecular flexibility index (Phi) is 5.48. The summed E-state index contributed by atoms with van der Waals surface area (Å²) in [7, 11) is 0. The molecule has 0 amide bonds. The Hall–Kier alpha value is -0.780. The Morgan fingerprint density at radius 1 is 1.26 bits per heavy atom. The molecule has 0 aliphatic heterocycles. The molecule has 0 aliphatic rings. The second-order valence-electron chi connectivity index (χ2n) is 4.01. The van der Waals surface area contributed by atoms with Gasteiger partial charge in [-0.1, -0.05) is 22.9 Å². The van der Waals surface area contributed by atoms with E-state index < -0.39 is 0 Å². The van der Waals surface area contributed by atoms with Gasteiger partial charge in [-0.25, -0.2) is 0 Å². The van der Waals surface area contributed by atoms with Crippen LogP contribution in [0.5, 0.6) is 5.75 Å². The fourth-order valence-electron chi connectivity index (χ4n) is 1.64. The third-order valence-electron chi connectivity index (χ3n) is 2.65. The van der Waals surface area contributed by atoms with Crippen molar-refractivity contribution in [2.75, 3.05) is 6.54 Å². The van der Waals surface area contributed by atoms with Crippen LogP contribution >= 0.6 is 31.9 Å². The number of ether oxygens (including phenoxy) is 1. The smallest absolute Gasteiger partial charge is 0.134 e. The summed E-state index contributed by atoms with van der Waals surface area (Å²) in [5.74, 6) is 1.74. The van der Waals surface area contributed by atoms with Crippen LogP contribution in [0, 0.1) is 0 Å². The molecule has 0 saturated heterocycles. The standard InChI is InChI=1S/C14H15Br2NO2/c1-2-17-8-14-10(5-6-18-14)9-19-13-4-3-11(15)7-12(13)16/h3-7,17H,2,8-9H2,1H3. The molecule has 0 fully saturated rings. The van der Waals surface area contributed by atoms with Gasteiger partial charge < -0.3 is 14.5 Å². The largest absolute Gasteiger partial charge is 0.488 e. The van der Waals surface area contributed by atoms with Gasteiger partial charge >= 0.3 is 0 Å². The van der Waals surface area contributed by atoms with Gasteiger partial charge in [-0.2, -0.15) is 0 Å². The second-order valence-corrected chi connectivity index (χ2v) is 5.78. The highest BCUT2D eigenvalue weighted by atomic mass is 79.9. The molecule has 1 aromatic heterocycles. The van der Waals surface area contributed by atoms with E-state index in [2.05, 4.69) is 44.1 Å². The molecule has 0 aliphatic carbocycles. The normalized spacial score (nSPS) is 10.7. The maximum atomic E-state index is 5.80. The first-order chi connectivity index (χ1) is 9.20. The van der Waals surface area contributed by atoms with Crippen molar-refractivity contribution in [1.82, 2.24) is 5.32 Å². The molecule has 2 aromatic rings. The fourth-order valence-corrected chi connectivity index (χ4v) is 2.80. The monoisotopic (exact) mass is 387 g/mol. The molecule has 19 heavy (non-hydrogen) atoms. The van der Waals surface area contributed by atoms with E-state index in [1.807, 2.05) is 24.3 Å². The van der Waals surface area contributed by atoms with Gasteiger partial charge in [0.2, 0.25) is 0 Å². The number of halogens is 2. The molecule has 0 atom stereocenters. The van der Waals surface area contributed by atoms with Gasteiger partial charge in [0.15, 0.2) is 0 Å². The molecular formula is C14H15Br2NO2. The van der Waals surface area contributed by atoms with Crippen molar-refractivity contribution >= 4 is 31.9 Å². The lowest BCUT2D eigenvalue weighted by atomic mass is 10.2. The van der Waals surface area contributed by atoms with Gasteiger partial charge in [-0.05, 0) is 46.7 Å². The molecule has 1 heterocycles. The number of hydrogen-bond donors (Lipinski definition) is 1. The lowest BCUT2D eigenvalue weighted by molar-refractivity contribution is 0.299.